The van der Waals surface area contributed by atoms with Gasteiger partial charge in [0.25, 0.3) is 0 Å². The van der Waals surface area contributed by atoms with Crippen molar-refractivity contribution in [1.82, 2.24) is 24.5 Å². The first-order valence-electron chi connectivity index (χ1n) is 8.42. The minimum atomic E-state index is -2.91. The highest BCUT2D eigenvalue weighted by molar-refractivity contribution is 8.01. The Balaban J connectivity index is 1.62. The van der Waals surface area contributed by atoms with E-state index in [9.17, 15) is 8.42 Å². The molecule has 2 unspecified atom stereocenters. The minimum absolute atomic E-state index is 0.0361. The average molecular weight is 383 g/mol. The molecule has 2 atom stereocenters. The van der Waals surface area contributed by atoms with Crippen LogP contribution in [-0.2, 0) is 28.2 Å². The summed E-state index contributed by atoms with van der Waals surface area (Å²) in [6, 6.07) is 1.91. The number of nitrogens with zero attached hydrogens (tertiary/aromatic N) is 5. The van der Waals surface area contributed by atoms with E-state index in [0.717, 1.165) is 30.3 Å². The largest absolute Gasteiger partial charge is 0.376 e. The van der Waals surface area contributed by atoms with Crippen LogP contribution in [0.5, 0.6) is 0 Å². The summed E-state index contributed by atoms with van der Waals surface area (Å²) in [5.74, 6) is 1.18. The fourth-order valence-electron chi connectivity index (χ4n) is 3.26. The molecule has 2 aliphatic rings. The maximum atomic E-state index is 11.7. The second-order valence-electron chi connectivity index (χ2n) is 6.57. The van der Waals surface area contributed by atoms with Crippen molar-refractivity contribution in [2.75, 3.05) is 18.1 Å². The Kier molecular flexibility index (Phi) is 4.59. The van der Waals surface area contributed by atoms with Gasteiger partial charge in [-0.1, -0.05) is 11.8 Å². The molecule has 0 bridgehead atoms. The van der Waals surface area contributed by atoms with Crippen molar-refractivity contribution in [3.63, 3.8) is 0 Å². The van der Waals surface area contributed by atoms with Crippen LogP contribution >= 0.6 is 11.8 Å². The summed E-state index contributed by atoms with van der Waals surface area (Å²) >= 11 is 1.51. The molecule has 0 aliphatic carbocycles. The lowest BCUT2D eigenvalue weighted by Crippen LogP contribution is -2.17. The third-order valence-corrected chi connectivity index (χ3v) is 7.76. The molecule has 4 heterocycles. The zero-order valence-corrected chi connectivity index (χ0v) is 15.7. The van der Waals surface area contributed by atoms with E-state index in [1.165, 1.54) is 11.8 Å². The molecule has 2 fully saturated rings. The van der Waals surface area contributed by atoms with Gasteiger partial charge >= 0.3 is 0 Å². The van der Waals surface area contributed by atoms with Crippen molar-refractivity contribution in [2.24, 2.45) is 7.05 Å². The summed E-state index contributed by atoms with van der Waals surface area (Å²) in [7, 11) is -1.05. The molecule has 0 N–H and O–H groups in total. The normalized spacial score (nSPS) is 25.6. The Morgan fingerprint density at radius 3 is 2.88 bits per heavy atom. The van der Waals surface area contributed by atoms with Crippen LogP contribution < -0.4 is 0 Å². The maximum Gasteiger partial charge on any atom is 0.191 e. The van der Waals surface area contributed by atoms with Gasteiger partial charge < -0.3 is 4.74 Å². The van der Waals surface area contributed by atoms with E-state index >= 15 is 0 Å². The molecule has 2 saturated heterocycles. The fraction of sp³-hybridized carbons (Fsp3) is 0.667. The number of sulfone groups is 1. The number of hydrogen-bond acceptors (Lipinski definition) is 7. The van der Waals surface area contributed by atoms with Crippen molar-refractivity contribution < 1.29 is 13.2 Å². The number of aromatic nitrogens is 5. The van der Waals surface area contributed by atoms with Crippen LogP contribution in [0.15, 0.2) is 17.4 Å². The van der Waals surface area contributed by atoms with Crippen LogP contribution in [0, 0.1) is 0 Å². The number of hydrogen-bond donors (Lipinski definition) is 0. The van der Waals surface area contributed by atoms with Gasteiger partial charge in [-0.15, -0.1) is 10.2 Å². The molecule has 2 aromatic heterocycles. The van der Waals surface area contributed by atoms with Crippen molar-refractivity contribution in [3.05, 3.63) is 12.3 Å². The molecule has 136 valence electrons. The maximum absolute atomic E-state index is 11.7. The predicted octanol–water partition coefficient (Wildman–Crippen LogP) is 1.14. The summed E-state index contributed by atoms with van der Waals surface area (Å²) in [6.07, 6.45) is 4.76. The zero-order chi connectivity index (χ0) is 17.4. The van der Waals surface area contributed by atoms with Crippen LogP contribution in [0.4, 0.5) is 0 Å². The molecule has 4 rings (SSSR count). The Morgan fingerprint density at radius 1 is 1.36 bits per heavy atom. The van der Waals surface area contributed by atoms with Crippen molar-refractivity contribution >= 4 is 21.6 Å². The lowest BCUT2D eigenvalue weighted by Gasteiger charge is -2.15. The second-order valence-corrected chi connectivity index (χ2v) is 10.1. The Hall–Kier alpha value is -1.39. The zero-order valence-electron chi connectivity index (χ0n) is 14.0. The molecule has 8 nitrogen and oxygen atoms in total. The highest BCUT2D eigenvalue weighted by Crippen LogP contribution is 2.32. The van der Waals surface area contributed by atoms with E-state index in [4.69, 9.17) is 4.74 Å². The molecular weight excluding hydrogens is 362 g/mol. The van der Waals surface area contributed by atoms with Gasteiger partial charge in [0.2, 0.25) is 0 Å². The topological polar surface area (TPSA) is 91.9 Å². The number of ether oxygens (including phenoxy) is 1. The first kappa shape index (κ1) is 17.0. The molecule has 0 radical (unpaired) electrons. The summed E-state index contributed by atoms with van der Waals surface area (Å²) in [4.78, 5) is 0. The van der Waals surface area contributed by atoms with Crippen molar-refractivity contribution in [2.45, 2.75) is 42.3 Å². The lowest BCUT2D eigenvalue weighted by molar-refractivity contribution is 0.0953. The van der Waals surface area contributed by atoms with Gasteiger partial charge in [0.15, 0.2) is 20.8 Å². The number of rotatable bonds is 5. The van der Waals surface area contributed by atoms with E-state index in [-0.39, 0.29) is 22.9 Å². The van der Waals surface area contributed by atoms with E-state index in [1.807, 2.05) is 23.9 Å². The molecule has 2 aromatic rings. The molecule has 2 aliphatic heterocycles. The van der Waals surface area contributed by atoms with Crippen LogP contribution in [0.2, 0.25) is 0 Å². The van der Waals surface area contributed by atoms with Crippen LogP contribution in [0.1, 0.15) is 19.3 Å². The summed E-state index contributed by atoms with van der Waals surface area (Å²) in [5, 5.41) is 13.9. The van der Waals surface area contributed by atoms with E-state index in [0.29, 0.717) is 18.8 Å². The minimum Gasteiger partial charge on any atom is -0.376 e. The average Bonchev–Trinajstić information content (AvgIpc) is 3.31. The van der Waals surface area contributed by atoms with Gasteiger partial charge in [-0.25, -0.2) is 8.42 Å². The van der Waals surface area contributed by atoms with E-state index in [1.54, 1.807) is 4.68 Å². The van der Waals surface area contributed by atoms with E-state index in [2.05, 4.69) is 15.3 Å². The van der Waals surface area contributed by atoms with Gasteiger partial charge in [-0.2, -0.15) is 5.10 Å². The molecule has 0 spiro atoms. The second kappa shape index (κ2) is 6.73. The van der Waals surface area contributed by atoms with Crippen molar-refractivity contribution in [3.8, 4) is 11.5 Å². The molecule has 0 aromatic carbocycles. The molecule has 0 saturated carbocycles. The van der Waals surface area contributed by atoms with Crippen LogP contribution in [0.3, 0.4) is 0 Å². The third-order valence-electron chi connectivity index (χ3n) is 4.53. The molecule has 0 amide bonds. The Morgan fingerprint density at radius 2 is 2.24 bits per heavy atom. The Labute approximate surface area is 150 Å². The number of thioether (sulfide) groups is 1. The highest BCUT2D eigenvalue weighted by atomic mass is 32.2. The summed E-state index contributed by atoms with van der Waals surface area (Å²) in [5.41, 5.74) is 0.763. The van der Waals surface area contributed by atoms with Gasteiger partial charge in [-0.05, 0) is 25.3 Å². The third kappa shape index (κ3) is 3.75. The standard InChI is InChI=1S/C15H21N5O3S2/c1-19-6-4-13(18-19)14-16-17-15(20(14)9-11-3-2-7-23-11)24-12-5-8-25(21,22)10-12/h4,6,11-12H,2-3,5,7-10H2,1H3. The highest BCUT2D eigenvalue weighted by Gasteiger charge is 2.31. The van der Waals surface area contributed by atoms with Gasteiger partial charge in [0.1, 0.15) is 5.69 Å². The molecule has 25 heavy (non-hydrogen) atoms. The van der Waals surface area contributed by atoms with Gasteiger partial charge in [0.05, 0.1) is 24.2 Å². The lowest BCUT2D eigenvalue weighted by atomic mass is 10.2. The van der Waals surface area contributed by atoms with Gasteiger partial charge in [-0.3, -0.25) is 9.25 Å². The first-order chi connectivity index (χ1) is 12.0. The monoisotopic (exact) mass is 383 g/mol. The fourth-order valence-corrected chi connectivity index (χ4v) is 6.76. The van der Waals surface area contributed by atoms with Crippen molar-refractivity contribution in [1.29, 1.82) is 0 Å². The SMILES string of the molecule is Cn1ccc(-c2nnc(SC3CCS(=O)(=O)C3)n2CC2CCCO2)n1. The summed E-state index contributed by atoms with van der Waals surface area (Å²) < 4.78 is 33.0. The van der Waals surface area contributed by atoms with Crippen LogP contribution in [-0.4, -0.2) is 62.4 Å². The first-order valence-corrected chi connectivity index (χ1v) is 11.1. The smallest absolute Gasteiger partial charge is 0.191 e. The van der Waals surface area contributed by atoms with Gasteiger partial charge in [0, 0.05) is 25.1 Å². The number of aryl methyl sites for hydroxylation is 1. The predicted molar refractivity (Wildman–Crippen MR) is 94.1 cm³/mol. The van der Waals surface area contributed by atoms with E-state index < -0.39 is 9.84 Å². The Bertz CT molecular complexity index is 854. The molecule has 10 heteroatoms. The summed E-state index contributed by atoms with van der Waals surface area (Å²) in [6.45, 7) is 1.45. The van der Waals surface area contributed by atoms with Crippen LogP contribution in [0.25, 0.3) is 11.5 Å². The molecular formula is C15H21N5O3S2. The quantitative estimate of drug-likeness (QED) is 0.764.